The van der Waals surface area contributed by atoms with Crippen molar-refractivity contribution in [2.75, 3.05) is 13.2 Å². The van der Waals surface area contributed by atoms with E-state index in [-0.39, 0.29) is 5.41 Å². The van der Waals surface area contributed by atoms with E-state index in [0.29, 0.717) is 6.10 Å². The molecule has 0 aliphatic heterocycles. The maximum Gasteiger partial charge on any atom is 0.0546 e. The molecule has 0 spiro atoms. The Morgan fingerprint density at radius 3 is 2.50 bits per heavy atom. The molecule has 0 saturated heterocycles. The van der Waals surface area contributed by atoms with Crippen molar-refractivity contribution in [2.24, 2.45) is 11.1 Å². The quantitative estimate of drug-likeness (QED) is 0.613. The van der Waals surface area contributed by atoms with Gasteiger partial charge in [0.25, 0.3) is 0 Å². The summed E-state index contributed by atoms with van der Waals surface area (Å²) in [7, 11) is 0. The van der Waals surface area contributed by atoms with Crippen LogP contribution in [0.15, 0.2) is 0 Å². The molecule has 0 saturated carbocycles. The van der Waals surface area contributed by atoms with Crippen LogP contribution in [0.1, 0.15) is 53.4 Å². The van der Waals surface area contributed by atoms with Gasteiger partial charge in [0.15, 0.2) is 0 Å². The van der Waals surface area contributed by atoms with Crippen LogP contribution < -0.4 is 5.73 Å². The van der Waals surface area contributed by atoms with Gasteiger partial charge in [-0.2, -0.15) is 0 Å². The third kappa shape index (κ3) is 7.34. The smallest absolute Gasteiger partial charge is 0.0546 e. The molecule has 0 rings (SSSR count). The topological polar surface area (TPSA) is 35.2 Å². The molecule has 0 aromatic rings. The van der Waals surface area contributed by atoms with Gasteiger partial charge in [-0.1, -0.05) is 27.2 Å². The Kier molecular flexibility index (Phi) is 7.20. The molecule has 0 bridgehead atoms. The fraction of sp³-hybridized carbons (Fsp3) is 1.00. The van der Waals surface area contributed by atoms with E-state index in [4.69, 9.17) is 10.5 Å². The van der Waals surface area contributed by atoms with Gasteiger partial charge < -0.3 is 10.5 Å². The summed E-state index contributed by atoms with van der Waals surface area (Å²) in [6.07, 6.45) is 5.07. The Morgan fingerprint density at radius 2 is 2.00 bits per heavy atom. The standard InChI is InChI=1S/C12H27NO/c1-5-7-11(2)14-9-6-8-12(3,4)10-13/h11H,5-10,13H2,1-4H3. The zero-order chi connectivity index (χ0) is 11.0. The molecule has 2 nitrogen and oxygen atoms in total. The first-order valence-corrected chi connectivity index (χ1v) is 5.83. The van der Waals surface area contributed by atoms with Crippen molar-refractivity contribution in [1.29, 1.82) is 0 Å². The summed E-state index contributed by atoms with van der Waals surface area (Å²) in [4.78, 5) is 0. The van der Waals surface area contributed by atoms with Crippen LogP contribution in [0.2, 0.25) is 0 Å². The Balaban J connectivity index is 3.37. The van der Waals surface area contributed by atoms with E-state index < -0.39 is 0 Å². The lowest BCUT2D eigenvalue weighted by Gasteiger charge is -2.22. The van der Waals surface area contributed by atoms with Gasteiger partial charge in [-0.15, -0.1) is 0 Å². The summed E-state index contributed by atoms with van der Waals surface area (Å²) in [5, 5.41) is 0. The van der Waals surface area contributed by atoms with E-state index in [1.807, 2.05) is 0 Å². The largest absolute Gasteiger partial charge is 0.379 e. The number of ether oxygens (including phenoxy) is 1. The predicted octanol–water partition coefficient (Wildman–Crippen LogP) is 2.96. The van der Waals surface area contributed by atoms with Crippen LogP contribution in [0.4, 0.5) is 0 Å². The van der Waals surface area contributed by atoms with E-state index in [1.54, 1.807) is 0 Å². The van der Waals surface area contributed by atoms with Crippen LogP contribution in [0.3, 0.4) is 0 Å². The van der Waals surface area contributed by atoms with E-state index in [0.717, 1.165) is 26.0 Å². The Hall–Kier alpha value is -0.0800. The highest BCUT2D eigenvalue weighted by atomic mass is 16.5. The molecule has 0 aromatic carbocycles. The molecule has 0 aromatic heterocycles. The highest BCUT2D eigenvalue weighted by Gasteiger charge is 2.14. The van der Waals surface area contributed by atoms with Gasteiger partial charge in [-0.3, -0.25) is 0 Å². The molecule has 1 atom stereocenters. The predicted molar refractivity (Wildman–Crippen MR) is 62.4 cm³/mol. The Morgan fingerprint density at radius 1 is 1.36 bits per heavy atom. The molecule has 0 radical (unpaired) electrons. The monoisotopic (exact) mass is 201 g/mol. The molecular weight excluding hydrogens is 174 g/mol. The molecule has 2 heteroatoms. The summed E-state index contributed by atoms with van der Waals surface area (Å²) in [6, 6.07) is 0. The Bertz CT molecular complexity index is 134. The minimum Gasteiger partial charge on any atom is -0.379 e. The van der Waals surface area contributed by atoms with Gasteiger partial charge in [0, 0.05) is 6.61 Å². The molecule has 0 aliphatic carbocycles. The summed E-state index contributed by atoms with van der Waals surface area (Å²) in [6.45, 7) is 10.4. The second kappa shape index (κ2) is 7.24. The van der Waals surface area contributed by atoms with Gasteiger partial charge in [0.2, 0.25) is 0 Å². The summed E-state index contributed by atoms with van der Waals surface area (Å²) in [5.74, 6) is 0. The summed E-state index contributed by atoms with van der Waals surface area (Å²) < 4.78 is 5.68. The molecule has 14 heavy (non-hydrogen) atoms. The highest BCUT2D eigenvalue weighted by Crippen LogP contribution is 2.20. The molecule has 1 unspecified atom stereocenters. The normalized spacial score (nSPS) is 14.4. The first kappa shape index (κ1) is 13.9. The zero-order valence-corrected chi connectivity index (χ0v) is 10.3. The van der Waals surface area contributed by atoms with Gasteiger partial charge >= 0.3 is 0 Å². The average Bonchev–Trinajstić information content (AvgIpc) is 2.13. The second-order valence-electron chi connectivity index (χ2n) is 4.94. The first-order chi connectivity index (χ1) is 6.52. The average molecular weight is 201 g/mol. The lowest BCUT2D eigenvalue weighted by atomic mass is 9.88. The molecule has 0 amide bonds. The van der Waals surface area contributed by atoms with Crippen molar-refractivity contribution in [1.82, 2.24) is 0 Å². The van der Waals surface area contributed by atoms with Gasteiger partial charge in [-0.05, 0) is 38.1 Å². The summed E-state index contributed by atoms with van der Waals surface area (Å²) >= 11 is 0. The van der Waals surface area contributed by atoms with Crippen LogP contribution >= 0.6 is 0 Å². The van der Waals surface area contributed by atoms with E-state index in [1.165, 1.54) is 12.8 Å². The molecule has 0 heterocycles. The molecule has 86 valence electrons. The van der Waals surface area contributed by atoms with Crippen molar-refractivity contribution < 1.29 is 4.74 Å². The van der Waals surface area contributed by atoms with E-state index in [9.17, 15) is 0 Å². The van der Waals surface area contributed by atoms with E-state index >= 15 is 0 Å². The molecule has 2 N–H and O–H groups in total. The maximum absolute atomic E-state index is 5.68. The van der Waals surface area contributed by atoms with Crippen LogP contribution in [-0.4, -0.2) is 19.3 Å². The first-order valence-electron chi connectivity index (χ1n) is 5.83. The van der Waals surface area contributed by atoms with Gasteiger partial charge in [0.1, 0.15) is 0 Å². The number of hydrogen-bond acceptors (Lipinski definition) is 2. The fourth-order valence-corrected chi connectivity index (χ4v) is 1.43. The minimum absolute atomic E-state index is 0.275. The zero-order valence-electron chi connectivity index (χ0n) is 10.3. The maximum atomic E-state index is 5.68. The summed E-state index contributed by atoms with van der Waals surface area (Å²) in [5.41, 5.74) is 5.93. The van der Waals surface area contributed by atoms with Crippen molar-refractivity contribution in [2.45, 2.75) is 59.5 Å². The lowest BCUT2D eigenvalue weighted by molar-refractivity contribution is 0.0527. The van der Waals surface area contributed by atoms with Gasteiger partial charge in [0.05, 0.1) is 6.10 Å². The molecular formula is C12H27NO. The Labute approximate surface area is 89.2 Å². The third-order valence-corrected chi connectivity index (χ3v) is 2.65. The van der Waals surface area contributed by atoms with Crippen molar-refractivity contribution >= 4 is 0 Å². The molecule has 0 aliphatic rings. The fourth-order valence-electron chi connectivity index (χ4n) is 1.43. The van der Waals surface area contributed by atoms with Crippen LogP contribution in [0.5, 0.6) is 0 Å². The minimum atomic E-state index is 0.275. The van der Waals surface area contributed by atoms with Crippen LogP contribution in [0.25, 0.3) is 0 Å². The second-order valence-corrected chi connectivity index (χ2v) is 4.94. The SMILES string of the molecule is CCCC(C)OCCCC(C)(C)CN. The third-order valence-electron chi connectivity index (χ3n) is 2.65. The van der Waals surface area contributed by atoms with Crippen LogP contribution in [0, 0.1) is 5.41 Å². The van der Waals surface area contributed by atoms with Crippen molar-refractivity contribution in [3.8, 4) is 0 Å². The number of nitrogens with two attached hydrogens (primary N) is 1. The number of rotatable bonds is 8. The lowest BCUT2D eigenvalue weighted by Crippen LogP contribution is -2.24. The van der Waals surface area contributed by atoms with Crippen LogP contribution in [-0.2, 0) is 4.74 Å². The van der Waals surface area contributed by atoms with Gasteiger partial charge in [-0.25, -0.2) is 0 Å². The number of hydrogen-bond donors (Lipinski definition) is 1. The molecule has 0 fully saturated rings. The van der Waals surface area contributed by atoms with Crippen molar-refractivity contribution in [3.05, 3.63) is 0 Å². The van der Waals surface area contributed by atoms with E-state index in [2.05, 4.69) is 27.7 Å². The van der Waals surface area contributed by atoms with Crippen molar-refractivity contribution in [3.63, 3.8) is 0 Å². The highest BCUT2D eigenvalue weighted by molar-refractivity contribution is 4.68.